The summed E-state index contributed by atoms with van der Waals surface area (Å²) in [5.41, 5.74) is 1.39. The molecule has 0 radical (unpaired) electrons. The number of amides is 1. The van der Waals surface area contributed by atoms with Crippen LogP contribution in [0.25, 0.3) is 0 Å². The van der Waals surface area contributed by atoms with E-state index in [1.807, 2.05) is 18.2 Å². The highest BCUT2D eigenvalue weighted by molar-refractivity contribution is 5.94. The summed E-state index contributed by atoms with van der Waals surface area (Å²) in [4.78, 5) is 26.0. The third-order valence-electron chi connectivity index (χ3n) is 5.21. The molecule has 0 unspecified atom stereocenters. The van der Waals surface area contributed by atoms with Crippen molar-refractivity contribution in [1.29, 1.82) is 0 Å². The molecule has 33 heavy (non-hydrogen) atoms. The predicted octanol–water partition coefficient (Wildman–Crippen LogP) is 3.32. The van der Waals surface area contributed by atoms with Crippen molar-refractivity contribution in [3.8, 4) is 23.0 Å². The van der Waals surface area contributed by atoms with Crippen molar-refractivity contribution in [3.63, 3.8) is 0 Å². The van der Waals surface area contributed by atoms with Gasteiger partial charge in [0.1, 0.15) is 6.61 Å². The summed E-state index contributed by atoms with van der Waals surface area (Å²) in [6, 6.07) is 10.4. The molecule has 180 valence electrons. The van der Waals surface area contributed by atoms with Crippen LogP contribution in [0.4, 0.5) is 0 Å². The van der Waals surface area contributed by atoms with Gasteiger partial charge in [-0.1, -0.05) is 19.9 Å². The Kier molecular flexibility index (Phi) is 10.5. The normalized spacial score (nSPS) is 10.6. The number of Topliss-reactive ketones (excluding diaryl/α,β-unsaturated/α-hetero) is 1. The minimum Gasteiger partial charge on any atom is -0.493 e. The molecule has 2 rings (SSSR count). The number of ketones is 1. The molecule has 0 aliphatic heterocycles. The van der Waals surface area contributed by atoms with Gasteiger partial charge in [0, 0.05) is 18.7 Å². The molecule has 1 amide bonds. The van der Waals surface area contributed by atoms with Crippen molar-refractivity contribution in [3.05, 3.63) is 47.5 Å². The van der Waals surface area contributed by atoms with Gasteiger partial charge in [-0.2, -0.15) is 0 Å². The van der Waals surface area contributed by atoms with Crippen LogP contribution in [0.15, 0.2) is 36.4 Å². The van der Waals surface area contributed by atoms with Gasteiger partial charge >= 0.3 is 0 Å². The number of likely N-dealkylation sites (N-methyl/N-ethyl adjacent to an activating group) is 1. The van der Waals surface area contributed by atoms with Gasteiger partial charge in [0.05, 0.1) is 14.2 Å². The van der Waals surface area contributed by atoms with Crippen LogP contribution < -0.4 is 24.3 Å². The van der Waals surface area contributed by atoms with Gasteiger partial charge in [-0.3, -0.25) is 9.59 Å². The minimum absolute atomic E-state index is 0.0756. The number of ether oxygens (including phenoxy) is 4. The summed E-state index contributed by atoms with van der Waals surface area (Å²) in [6.45, 7) is 9.24. The van der Waals surface area contributed by atoms with E-state index in [4.69, 9.17) is 18.9 Å². The predicted molar refractivity (Wildman–Crippen MR) is 127 cm³/mol. The molecular formula is C25H34N2O6. The molecule has 0 bridgehead atoms. The Morgan fingerprint density at radius 3 is 2.15 bits per heavy atom. The van der Waals surface area contributed by atoms with E-state index in [0.717, 1.165) is 25.2 Å². The summed E-state index contributed by atoms with van der Waals surface area (Å²) in [7, 11) is 3.07. The number of nitrogens with zero attached hydrogens (tertiary/aromatic N) is 1. The van der Waals surface area contributed by atoms with E-state index in [0.29, 0.717) is 41.7 Å². The van der Waals surface area contributed by atoms with Crippen molar-refractivity contribution >= 4 is 11.7 Å². The van der Waals surface area contributed by atoms with Gasteiger partial charge in [-0.25, -0.2) is 0 Å². The Labute approximate surface area is 195 Å². The zero-order valence-electron chi connectivity index (χ0n) is 20.1. The monoisotopic (exact) mass is 458 g/mol. The molecule has 0 aliphatic carbocycles. The van der Waals surface area contributed by atoms with Crippen molar-refractivity contribution in [2.75, 3.05) is 47.1 Å². The van der Waals surface area contributed by atoms with Gasteiger partial charge in [0.2, 0.25) is 0 Å². The molecule has 2 aromatic carbocycles. The molecule has 8 heteroatoms. The molecular weight excluding hydrogens is 424 g/mol. The number of nitrogens with one attached hydrogen (secondary N) is 1. The first-order chi connectivity index (χ1) is 15.9. The second-order valence-corrected chi connectivity index (χ2v) is 7.35. The van der Waals surface area contributed by atoms with Crippen LogP contribution in [-0.4, -0.2) is 63.7 Å². The standard InChI is InChI=1S/C25H34N2O6/c1-6-27(7-2)12-13-32-21-10-8-19(14-23(21)30-4)16-26-25(29)17-33-22-11-9-20(18(3)28)15-24(22)31-5/h8-11,14-15H,6-7,12-13,16-17H2,1-5H3,(H,26,29). The smallest absolute Gasteiger partial charge is 0.258 e. The maximum absolute atomic E-state index is 12.3. The van der Waals surface area contributed by atoms with Crippen LogP contribution in [0, 0.1) is 0 Å². The van der Waals surface area contributed by atoms with E-state index >= 15 is 0 Å². The highest BCUT2D eigenvalue weighted by atomic mass is 16.5. The molecule has 2 aromatic rings. The summed E-state index contributed by atoms with van der Waals surface area (Å²) in [6.07, 6.45) is 0. The number of carbonyl (C=O) groups is 2. The molecule has 0 fully saturated rings. The summed E-state index contributed by atoms with van der Waals surface area (Å²) < 4.78 is 22.1. The lowest BCUT2D eigenvalue weighted by atomic mass is 10.1. The maximum Gasteiger partial charge on any atom is 0.258 e. The van der Waals surface area contributed by atoms with Gasteiger partial charge in [-0.15, -0.1) is 0 Å². The highest BCUT2D eigenvalue weighted by Crippen LogP contribution is 2.29. The lowest BCUT2D eigenvalue weighted by Gasteiger charge is -2.19. The Morgan fingerprint density at radius 2 is 1.52 bits per heavy atom. The number of methoxy groups -OCH3 is 2. The molecule has 0 spiro atoms. The number of rotatable bonds is 14. The fourth-order valence-electron chi connectivity index (χ4n) is 3.17. The largest absolute Gasteiger partial charge is 0.493 e. The summed E-state index contributed by atoms with van der Waals surface area (Å²) in [5.74, 6) is 1.72. The van der Waals surface area contributed by atoms with E-state index in [9.17, 15) is 9.59 Å². The Morgan fingerprint density at radius 1 is 0.879 bits per heavy atom. The first-order valence-electron chi connectivity index (χ1n) is 11.0. The number of hydrogen-bond acceptors (Lipinski definition) is 7. The minimum atomic E-state index is -0.286. The number of carbonyl (C=O) groups excluding carboxylic acids is 2. The first kappa shape index (κ1) is 26.0. The fraction of sp³-hybridized carbons (Fsp3) is 0.440. The molecule has 0 heterocycles. The average molecular weight is 459 g/mol. The number of benzene rings is 2. The molecule has 0 saturated carbocycles. The van der Waals surface area contributed by atoms with E-state index in [2.05, 4.69) is 24.1 Å². The second-order valence-electron chi connectivity index (χ2n) is 7.35. The topological polar surface area (TPSA) is 86.3 Å². The van der Waals surface area contributed by atoms with Gasteiger partial charge in [0.25, 0.3) is 5.91 Å². The molecule has 0 atom stereocenters. The van der Waals surface area contributed by atoms with E-state index in [1.165, 1.54) is 14.0 Å². The van der Waals surface area contributed by atoms with E-state index in [1.54, 1.807) is 25.3 Å². The Balaban J connectivity index is 1.87. The van der Waals surface area contributed by atoms with Crippen molar-refractivity contribution in [2.24, 2.45) is 0 Å². The average Bonchev–Trinajstić information content (AvgIpc) is 2.84. The van der Waals surface area contributed by atoms with Crippen LogP contribution in [0.3, 0.4) is 0 Å². The summed E-state index contributed by atoms with van der Waals surface area (Å²) >= 11 is 0. The van der Waals surface area contributed by atoms with Gasteiger partial charge in [0.15, 0.2) is 35.4 Å². The lowest BCUT2D eigenvalue weighted by molar-refractivity contribution is -0.123. The highest BCUT2D eigenvalue weighted by Gasteiger charge is 2.12. The van der Waals surface area contributed by atoms with Crippen LogP contribution in [0.5, 0.6) is 23.0 Å². The lowest BCUT2D eigenvalue weighted by Crippen LogP contribution is -2.28. The maximum atomic E-state index is 12.3. The zero-order valence-corrected chi connectivity index (χ0v) is 20.1. The summed E-state index contributed by atoms with van der Waals surface area (Å²) in [5, 5.41) is 2.82. The Bertz CT molecular complexity index is 927. The molecule has 8 nitrogen and oxygen atoms in total. The van der Waals surface area contributed by atoms with E-state index in [-0.39, 0.29) is 18.3 Å². The third-order valence-corrected chi connectivity index (χ3v) is 5.21. The van der Waals surface area contributed by atoms with Gasteiger partial charge in [-0.05, 0) is 55.9 Å². The number of hydrogen-bond donors (Lipinski definition) is 1. The molecule has 0 aromatic heterocycles. The second kappa shape index (κ2) is 13.3. The van der Waals surface area contributed by atoms with Gasteiger partial charge < -0.3 is 29.2 Å². The molecule has 0 aliphatic rings. The van der Waals surface area contributed by atoms with Crippen molar-refractivity contribution in [2.45, 2.75) is 27.3 Å². The quantitative estimate of drug-likeness (QED) is 0.435. The third kappa shape index (κ3) is 7.98. The van der Waals surface area contributed by atoms with Crippen molar-refractivity contribution < 1.29 is 28.5 Å². The van der Waals surface area contributed by atoms with Crippen LogP contribution >= 0.6 is 0 Å². The molecule has 1 N–H and O–H groups in total. The molecule has 0 saturated heterocycles. The fourth-order valence-corrected chi connectivity index (χ4v) is 3.17. The van der Waals surface area contributed by atoms with E-state index < -0.39 is 0 Å². The van der Waals surface area contributed by atoms with Crippen molar-refractivity contribution in [1.82, 2.24) is 10.2 Å². The van der Waals surface area contributed by atoms with Crippen LogP contribution in [0.1, 0.15) is 36.7 Å². The zero-order chi connectivity index (χ0) is 24.2. The SMILES string of the molecule is CCN(CC)CCOc1ccc(CNC(=O)COc2ccc(C(C)=O)cc2OC)cc1OC. The van der Waals surface area contributed by atoms with Crippen LogP contribution in [0.2, 0.25) is 0 Å². The Hall–Kier alpha value is -3.26. The first-order valence-corrected chi connectivity index (χ1v) is 11.0. The van der Waals surface area contributed by atoms with Crippen LogP contribution in [-0.2, 0) is 11.3 Å².